The quantitative estimate of drug-likeness (QED) is 0.573. The lowest BCUT2D eigenvalue weighted by Crippen LogP contribution is -2.25. The molecule has 0 aliphatic carbocycles. The molecule has 1 aromatic carbocycles. The number of nitrogens with one attached hydrogen (secondary N) is 1. The van der Waals surface area contributed by atoms with Gasteiger partial charge in [0.25, 0.3) is 5.91 Å². The predicted molar refractivity (Wildman–Crippen MR) is 101 cm³/mol. The Balaban J connectivity index is 1.68. The molecule has 0 atom stereocenters. The molecule has 1 N–H and O–H groups in total. The summed E-state index contributed by atoms with van der Waals surface area (Å²) in [7, 11) is 0. The molecule has 4 rings (SSSR count). The van der Waals surface area contributed by atoms with E-state index in [9.17, 15) is 9.18 Å². The molecule has 7 heteroatoms. The van der Waals surface area contributed by atoms with Crippen molar-refractivity contribution in [1.82, 2.24) is 20.1 Å². The first kappa shape index (κ1) is 17.7. The van der Waals surface area contributed by atoms with Gasteiger partial charge >= 0.3 is 0 Å². The van der Waals surface area contributed by atoms with Gasteiger partial charge < -0.3 is 9.73 Å². The lowest BCUT2D eigenvalue weighted by Gasteiger charge is -2.08. The highest BCUT2D eigenvalue weighted by molar-refractivity contribution is 5.94. The second kappa shape index (κ2) is 7.48. The fourth-order valence-corrected chi connectivity index (χ4v) is 2.78. The number of rotatable bonds is 5. The van der Waals surface area contributed by atoms with Crippen molar-refractivity contribution in [2.75, 3.05) is 0 Å². The first-order valence-corrected chi connectivity index (χ1v) is 8.71. The van der Waals surface area contributed by atoms with Crippen LogP contribution in [0.4, 0.5) is 4.39 Å². The van der Waals surface area contributed by atoms with Crippen molar-refractivity contribution in [1.29, 1.82) is 0 Å². The molecule has 0 aliphatic rings. The third-order valence-electron chi connectivity index (χ3n) is 4.16. The van der Waals surface area contributed by atoms with Crippen LogP contribution < -0.4 is 5.32 Å². The van der Waals surface area contributed by atoms with Crippen LogP contribution in [-0.4, -0.2) is 20.7 Å². The van der Waals surface area contributed by atoms with Crippen LogP contribution in [0.25, 0.3) is 17.1 Å². The van der Waals surface area contributed by atoms with Crippen LogP contribution in [-0.2, 0) is 6.54 Å². The SMILES string of the molecule is Cc1ccc(-c2cc(C(=O)NCc3ccccn3)n(-c3ccc(F)cc3)n2)o1. The van der Waals surface area contributed by atoms with E-state index in [1.54, 1.807) is 30.5 Å². The Morgan fingerprint density at radius 3 is 2.64 bits per heavy atom. The summed E-state index contributed by atoms with van der Waals surface area (Å²) in [5.41, 5.74) is 2.14. The molecule has 0 fully saturated rings. The maximum atomic E-state index is 13.3. The molecule has 6 nitrogen and oxygen atoms in total. The Morgan fingerprint density at radius 2 is 1.96 bits per heavy atom. The van der Waals surface area contributed by atoms with Crippen LogP contribution in [0.15, 0.2) is 71.3 Å². The number of halogens is 1. The number of furan rings is 1. The van der Waals surface area contributed by atoms with Gasteiger partial charge in [-0.1, -0.05) is 6.07 Å². The maximum Gasteiger partial charge on any atom is 0.270 e. The fourth-order valence-electron chi connectivity index (χ4n) is 2.78. The molecule has 0 radical (unpaired) electrons. The summed E-state index contributed by atoms with van der Waals surface area (Å²) in [6.45, 7) is 2.12. The highest BCUT2D eigenvalue weighted by atomic mass is 19.1. The number of hydrogen-bond donors (Lipinski definition) is 1. The van der Waals surface area contributed by atoms with Gasteiger partial charge in [-0.15, -0.1) is 0 Å². The van der Waals surface area contributed by atoms with E-state index in [-0.39, 0.29) is 18.3 Å². The van der Waals surface area contributed by atoms with Gasteiger partial charge in [-0.25, -0.2) is 9.07 Å². The third-order valence-corrected chi connectivity index (χ3v) is 4.16. The number of carbonyl (C=O) groups excluding carboxylic acids is 1. The zero-order valence-corrected chi connectivity index (χ0v) is 15.1. The van der Waals surface area contributed by atoms with Crippen molar-refractivity contribution in [2.24, 2.45) is 0 Å². The molecule has 0 bridgehead atoms. The molecule has 28 heavy (non-hydrogen) atoms. The Labute approximate surface area is 160 Å². The second-order valence-corrected chi connectivity index (χ2v) is 6.22. The molecule has 0 spiro atoms. The number of pyridine rings is 1. The number of amides is 1. The van der Waals surface area contributed by atoms with Crippen LogP contribution in [0.1, 0.15) is 21.9 Å². The molecule has 0 saturated heterocycles. The van der Waals surface area contributed by atoms with E-state index < -0.39 is 0 Å². The summed E-state index contributed by atoms with van der Waals surface area (Å²) in [6, 6.07) is 16.5. The van der Waals surface area contributed by atoms with E-state index in [2.05, 4.69) is 15.4 Å². The maximum absolute atomic E-state index is 13.3. The van der Waals surface area contributed by atoms with E-state index in [1.165, 1.54) is 16.8 Å². The average Bonchev–Trinajstić information content (AvgIpc) is 3.34. The summed E-state index contributed by atoms with van der Waals surface area (Å²) in [5.74, 6) is 0.612. The van der Waals surface area contributed by atoms with E-state index in [1.807, 2.05) is 31.2 Å². The summed E-state index contributed by atoms with van der Waals surface area (Å²) >= 11 is 0. The minimum atomic E-state index is -0.362. The number of carbonyl (C=O) groups is 1. The third kappa shape index (κ3) is 3.68. The molecule has 3 heterocycles. The highest BCUT2D eigenvalue weighted by Gasteiger charge is 2.19. The standard InChI is InChI=1S/C21H17FN4O2/c1-14-5-10-20(28-14)18-12-19(21(27)24-13-16-4-2-3-11-23-16)26(25-18)17-8-6-15(22)7-9-17/h2-12H,13H2,1H3,(H,24,27). The molecule has 1 amide bonds. The number of aromatic nitrogens is 3. The van der Waals surface area contributed by atoms with Gasteiger partial charge in [-0.3, -0.25) is 9.78 Å². The van der Waals surface area contributed by atoms with Gasteiger partial charge in [0.2, 0.25) is 0 Å². The van der Waals surface area contributed by atoms with Crippen LogP contribution in [0.3, 0.4) is 0 Å². The lowest BCUT2D eigenvalue weighted by atomic mass is 10.2. The van der Waals surface area contributed by atoms with Crippen LogP contribution in [0.5, 0.6) is 0 Å². The summed E-state index contributed by atoms with van der Waals surface area (Å²) in [4.78, 5) is 17.0. The van der Waals surface area contributed by atoms with E-state index in [0.717, 1.165) is 11.5 Å². The van der Waals surface area contributed by atoms with Crippen molar-refractivity contribution in [3.63, 3.8) is 0 Å². The van der Waals surface area contributed by atoms with E-state index in [4.69, 9.17) is 4.42 Å². The lowest BCUT2D eigenvalue weighted by molar-refractivity contribution is 0.0942. The van der Waals surface area contributed by atoms with Gasteiger partial charge in [0, 0.05) is 12.3 Å². The molecule has 0 aliphatic heterocycles. The monoisotopic (exact) mass is 376 g/mol. The van der Waals surface area contributed by atoms with Crippen molar-refractivity contribution in [3.05, 3.63) is 89.8 Å². The second-order valence-electron chi connectivity index (χ2n) is 6.22. The van der Waals surface area contributed by atoms with Gasteiger partial charge in [-0.2, -0.15) is 5.10 Å². The fraction of sp³-hybridized carbons (Fsp3) is 0.0952. The van der Waals surface area contributed by atoms with Gasteiger partial charge in [0.15, 0.2) is 5.76 Å². The molecular formula is C21H17FN4O2. The Morgan fingerprint density at radius 1 is 1.14 bits per heavy atom. The Kier molecular flexibility index (Phi) is 4.72. The molecule has 3 aromatic heterocycles. The van der Waals surface area contributed by atoms with Gasteiger partial charge in [0.05, 0.1) is 17.9 Å². The molecule has 4 aromatic rings. The summed E-state index contributed by atoms with van der Waals surface area (Å²) in [5, 5.41) is 7.33. The highest BCUT2D eigenvalue weighted by Crippen LogP contribution is 2.24. The van der Waals surface area contributed by atoms with Crippen molar-refractivity contribution in [3.8, 4) is 17.1 Å². The van der Waals surface area contributed by atoms with Crippen molar-refractivity contribution >= 4 is 5.91 Å². The topological polar surface area (TPSA) is 73.0 Å². The first-order chi connectivity index (χ1) is 13.6. The molecule has 0 unspecified atom stereocenters. The zero-order chi connectivity index (χ0) is 19.5. The first-order valence-electron chi connectivity index (χ1n) is 8.71. The molecule has 140 valence electrons. The summed E-state index contributed by atoms with van der Waals surface area (Å²) < 4.78 is 20.4. The number of hydrogen-bond acceptors (Lipinski definition) is 4. The van der Waals surface area contributed by atoms with Gasteiger partial charge in [0.1, 0.15) is 23.0 Å². The Hall–Kier alpha value is -3.74. The summed E-state index contributed by atoms with van der Waals surface area (Å²) in [6.07, 6.45) is 1.67. The van der Waals surface area contributed by atoms with Crippen LogP contribution in [0, 0.1) is 12.7 Å². The van der Waals surface area contributed by atoms with E-state index in [0.29, 0.717) is 22.8 Å². The smallest absolute Gasteiger partial charge is 0.270 e. The largest absolute Gasteiger partial charge is 0.460 e. The van der Waals surface area contributed by atoms with Crippen LogP contribution >= 0.6 is 0 Å². The minimum absolute atomic E-state index is 0.281. The predicted octanol–water partition coefficient (Wildman–Crippen LogP) is 3.90. The molecule has 0 saturated carbocycles. The Bertz CT molecular complexity index is 1100. The van der Waals surface area contributed by atoms with Gasteiger partial charge in [-0.05, 0) is 55.5 Å². The number of aryl methyl sites for hydroxylation is 1. The molecular weight excluding hydrogens is 359 g/mol. The number of nitrogens with zero attached hydrogens (tertiary/aromatic N) is 3. The normalized spacial score (nSPS) is 10.8. The van der Waals surface area contributed by atoms with Crippen LogP contribution in [0.2, 0.25) is 0 Å². The minimum Gasteiger partial charge on any atom is -0.460 e. The van der Waals surface area contributed by atoms with E-state index >= 15 is 0 Å². The van der Waals surface area contributed by atoms with Crippen molar-refractivity contribution in [2.45, 2.75) is 13.5 Å². The average molecular weight is 376 g/mol. The number of benzene rings is 1. The zero-order valence-electron chi connectivity index (χ0n) is 15.1. The van der Waals surface area contributed by atoms with Crippen molar-refractivity contribution < 1.29 is 13.6 Å².